The predicted octanol–water partition coefficient (Wildman–Crippen LogP) is 3.98. The molecule has 0 saturated carbocycles. The molecular formula is C23H25N3O4S. The molecule has 0 atom stereocenters. The Morgan fingerprint density at radius 3 is 2.61 bits per heavy atom. The van der Waals surface area contributed by atoms with E-state index in [-0.39, 0.29) is 5.91 Å². The van der Waals surface area contributed by atoms with Crippen LogP contribution in [-0.2, 0) is 19.5 Å². The molecule has 0 radical (unpaired) electrons. The van der Waals surface area contributed by atoms with E-state index in [2.05, 4.69) is 27.3 Å². The molecule has 2 aromatic carbocycles. The minimum absolute atomic E-state index is 0.263. The van der Waals surface area contributed by atoms with Gasteiger partial charge in [0, 0.05) is 31.1 Å². The molecule has 0 unspecified atom stereocenters. The Bertz CT molecular complexity index is 1080. The number of hydrogen-bond acceptors (Lipinski definition) is 7. The number of thiazole rings is 1. The van der Waals surface area contributed by atoms with E-state index in [1.54, 1.807) is 32.4 Å². The molecule has 1 N–H and O–H groups in total. The van der Waals surface area contributed by atoms with Crippen LogP contribution in [0.15, 0.2) is 41.8 Å². The standard InChI is InChI=1S/C23H25N3O4S/c1-28-18-5-4-16-12-26(9-8-15(16)10-18)13-17-14-31-23(24-17)25-22(27)20-7-6-19(29-2)11-21(20)30-3/h4-7,10-11,14H,8-9,12-13H2,1-3H3,(H,24,25,27). The smallest absolute Gasteiger partial charge is 0.261 e. The molecule has 4 rings (SSSR count). The molecular weight excluding hydrogens is 414 g/mol. The molecule has 1 aliphatic heterocycles. The minimum atomic E-state index is -0.263. The third-order valence-corrected chi connectivity index (χ3v) is 6.12. The van der Waals surface area contributed by atoms with Gasteiger partial charge < -0.3 is 14.2 Å². The Balaban J connectivity index is 1.39. The van der Waals surface area contributed by atoms with Gasteiger partial charge in [-0.3, -0.25) is 15.0 Å². The van der Waals surface area contributed by atoms with E-state index in [0.717, 1.165) is 37.5 Å². The van der Waals surface area contributed by atoms with E-state index >= 15 is 0 Å². The molecule has 0 fully saturated rings. The van der Waals surface area contributed by atoms with Crippen molar-refractivity contribution in [1.29, 1.82) is 0 Å². The highest BCUT2D eigenvalue weighted by atomic mass is 32.1. The molecule has 1 aliphatic rings. The molecule has 0 bridgehead atoms. The van der Waals surface area contributed by atoms with Crippen molar-refractivity contribution in [1.82, 2.24) is 9.88 Å². The van der Waals surface area contributed by atoms with E-state index in [4.69, 9.17) is 14.2 Å². The first-order chi connectivity index (χ1) is 15.1. The number of fused-ring (bicyclic) bond motifs is 1. The Hall–Kier alpha value is -3.10. The number of amides is 1. The van der Waals surface area contributed by atoms with Gasteiger partial charge in [-0.25, -0.2) is 4.98 Å². The average molecular weight is 440 g/mol. The number of nitrogens with one attached hydrogen (secondary N) is 1. The van der Waals surface area contributed by atoms with Crippen molar-refractivity contribution in [3.05, 3.63) is 64.2 Å². The van der Waals surface area contributed by atoms with Crippen LogP contribution in [0.1, 0.15) is 27.2 Å². The fourth-order valence-corrected chi connectivity index (χ4v) is 4.36. The third-order valence-electron chi connectivity index (χ3n) is 5.32. The summed E-state index contributed by atoms with van der Waals surface area (Å²) in [7, 11) is 4.80. The van der Waals surface area contributed by atoms with Gasteiger partial charge in [0.05, 0.1) is 32.6 Å². The maximum atomic E-state index is 12.7. The number of benzene rings is 2. The fourth-order valence-electron chi connectivity index (χ4n) is 3.67. The van der Waals surface area contributed by atoms with Gasteiger partial charge in [0.1, 0.15) is 17.2 Å². The number of carbonyl (C=O) groups is 1. The van der Waals surface area contributed by atoms with Crippen molar-refractivity contribution in [2.75, 3.05) is 33.2 Å². The summed E-state index contributed by atoms with van der Waals surface area (Å²) in [6, 6.07) is 11.4. The SMILES string of the molecule is COc1ccc2c(c1)CCN(Cc1csc(NC(=O)c3ccc(OC)cc3OC)n1)C2. The summed E-state index contributed by atoms with van der Waals surface area (Å²) in [4.78, 5) is 19.7. The highest BCUT2D eigenvalue weighted by Crippen LogP contribution is 2.27. The summed E-state index contributed by atoms with van der Waals surface area (Å²) in [6.07, 6.45) is 0.984. The lowest BCUT2D eigenvalue weighted by Gasteiger charge is -2.28. The van der Waals surface area contributed by atoms with Gasteiger partial charge in [-0.05, 0) is 41.8 Å². The van der Waals surface area contributed by atoms with Gasteiger partial charge in [-0.15, -0.1) is 11.3 Å². The first kappa shape index (κ1) is 21.1. The predicted molar refractivity (Wildman–Crippen MR) is 120 cm³/mol. The molecule has 1 aromatic heterocycles. The first-order valence-electron chi connectivity index (χ1n) is 9.95. The number of carbonyl (C=O) groups excluding carboxylic acids is 1. The first-order valence-corrected chi connectivity index (χ1v) is 10.8. The van der Waals surface area contributed by atoms with Crippen LogP contribution in [0.25, 0.3) is 0 Å². The molecule has 162 valence electrons. The van der Waals surface area contributed by atoms with Crippen molar-refractivity contribution in [3.63, 3.8) is 0 Å². The van der Waals surface area contributed by atoms with E-state index < -0.39 is 0 Å². The van der Waals surface area contributed by atoms with E-state index in [0.29, 0.717) is 22.2 Å². The summed E-state index contributed by atoms with van der Waals surface area (Å²) >= 11 is 1.42. The zero-order chi connectivity index (χ0) is 21.8. The molecule has 0 aliphatic carbocycles. The van der Waals surface area contributed by atoms with Crippen LogP contribution < -0.4 is 19.5 Å². The summed E-state index contributed by atoms with van der Waals surface area (Å²) < 4.78 is 15.8. The van der Waals surface area contributed by atoms with Crippen LogP contribution in [0.3, 0.4) is 0 Å². The van der Waals surface area contributed by atoms with Gasteiger partial charge >= 0.3 is 0 Å². The van der Waals surface area contributed by atoms with Crippen LogP contribution in [0.5, 0.6) is 17.2 Å². The van der Waals surface area contributed by atoms with Gasteiger partial charge in [-0.1, -0.05) is 6.07 Å². The number of anilines is 1. The van der Waals surface area contributed by atoms with Crippen molar-refractivity contribution >= 4 is 22.4 Å². The Labute approximate surface area is 185 Å². The van der Waals surface area contributed by atoms with E-state index in [9.17, 15) is 4.79 Å². The lowest BCUT2D eigenvalue weighted by molar-refractivity contribution is 0.102. The van der Waals surface area contributed by atoms with Crippen LogP contribution in [0, 0.1) is 0 Å². The highest BCUT2D eigenvalue weighted by molar-refractivity contribution is 7.14. The topological polar surface area (TPSA) is 72.9 Å². The minimum Gasteiger partial charge on any atom is -0.497 e. The van der Waals surface area contributed by atoms with Gasteiger partial charge in [-0.2, -0.15) is 0 Å². The Morgan fingerprint density at radius 1 is 1.06 bits per heavy atom. The fraction of sp³-hybridized carbons (Fsp3) is 0.304. The maximum Gasteiger partial charge on any atom is 0.261 e. The molecule has 3 aromatic rings. The van der Waals surface area contributed by atoms with Gasteiger partial charge in [0.15, 0.2) is 5.13 Å². The Morgan fingerprint density at radius 2 is 1.84 bits per heavy atom. The van der Waals surface area contributed by atoms with Crippen LogP contribution >= 0.6 is 11.3 Å². The summed E-state index contributed by atoms with van der Waals surface area (Å²) in [6.45, 7) is 2.58. The van der Waals surface area contributed by atoms with Crippen molar-refractivity contribution in [2.45, 2.75) is 19.5 Å². The number of ether oxygens (including phenoxy) is 3. The van der Waals surface area contributed by atoms with E-state index in [1.165, 1.54) is 29.6 Å². The van der Waals surface area contributed by atoms with Crippen molar-refractivity contribution < 1.29 is 19.0 Å². The quantitative estimate of drug-likeness (QED) is 0.600. The maximum absolute atomic E-state index is 12.7. The summed E-state index contributed by atoms with van der Waals surface area (Å²) in [5.74, 6) is 1.73. The van der Waals surface area contributed by atoms with E-state index in [1.807, 2.05) is 11.4 Å². The van der Waals surface area contributed by atoms with Gasteiger partial charge in [0.25, 0.3) is 5.91 Å². The average Bonchev–Trinajstić information content (AvgIpc) is 3.24. The normalized spacial score (nSPS) is 13.4. The van der Waals surface area contributed by atoms with Crippen LogP contribution in [0.4, 0.5) is 5.13 Å². The number of rotatable bonds is 7. The van der Waals surface area contributed by atoms with Crippen molar-refractivity contribution in [3.8, 4) is 17.2 Å². The Kier molecular flexibility index (Phi) is 6.39. The monoisotopic (exact) mass is 439 g/mol. The number of hydrogen-bond donors (Lipinski definition) is 1. The molecule has 0 saturated heterocycles. The number of nitrogens with zero attached hydrogens (tertiary/aromatic N) is 2. The van der Waals surface area contributed by atoms with Crippen LogP contribution in [-0.4, -0.2) is 43.7 Å². The molecule has 1 amide bonds. The second-order valence-electron chi connectivity index (χ2n) is 7.26. The second-order valence-corrected chi connectivity index (χ2v) is 8.12. The molecule has 31 heavy (non-hydrogen) atoms. The molecule has 7 nitrogen and oxygen atoms in total. The lowest BCUT2D eigenvalue weighted by atomic mass is 9.99. The summed E-state index contributed by atoms with van der Waals surface area (Å²) in [5, 5.41) is 5.43. The molecule has 0 spiro atoms. The largest absolute Gasteiger partial charge is 0.497 e. The second kappa shape index (κ2) is 9.36. The van der Waals surface area contributed by atoms with Crippen molar-refractivity contribution in [2.24, 2.45) is 0 Å². The third kappa shape index (κ3) is 4.81. The molecule has 2 heterocycles. The number of methoxy groups -OCH3 is 3. The summed E-state index contributed by atoms with van der Waals surface area (Å²) in [5.41, 5.74) is 4.04. The van der Waals surface area contributed by atoms with Gasteiger partial charge in [0.2, 0.25) is 0 Å². The zero-order valence-electron chi connectivity index (χ0n) is 17.8. The molecule has 8 heteroatoms. The lowest BCUT2D eigenvalue weighted by Crippen LogP contribution is -2.30. The highest BCUT2D eigenvalue weighted by Gasteiger charge is 2.19. The van der Waals surface area contributed by atoms with Crippen LogP contribution in [0.2, 0.25) is 0 Å². The number of aromatic nitrogens is 1. The zero-order valence-corrected chi connectivity index (χ0v) is 18.6.